The van der Waals surface area contributed by atoms with Crippen molar-refractivity contribution in [2.24, 2.45) is 5.73 Å². The van der Waals surface area contributed by atoms with Crippen LogP contribution in [-0.2, 0) is 11.3 Å². The number of aromatic nitrogens is 1. The number of carbonyl (C=O) groups is 1. The fraction of sp³-hybridized carbons (Fsp3) is 0.200. The first-order valence-electron chi connectivity index (χ1n) is 4.43. The van der Waals surface area contributed by atoms with Crippen molar-refractivity contribution >= 4 is 27.6 Å². The quantitative estimate of drug-likeness (QED) is 0.783. The molecule has 2 aromatic rings. The smallest absolute Gasteiger partial charge is 0.337 e. The summed E-state index contributed by atoms with van der Waals surface area (Å²) in [7, 11) is 1.37. The van der Waals surface area contributed by atoms with Crippen molar-refractivity contribution in [1.29, 1.82) is 0 Å². The minimum absolute atomic E-state index is 0.334. The summed E-state index contributed by atoms with van der Waals surface area (Å²) in [4.78, 5) is 11.3. The number of carbonyl (C=O) groups excluding carboxylic acids is 1. The first-order chi connectivity index (χ1) is 7.26. The maximum Gasteiger partial charge on any atom is 0.337 e. The van der Waals surface area contributed by atoms with Crippen LogP contribution in [0.3, 0.4) is 0 Å². The van der Waals surface area contributed by atoms with Crippen LogP contribution in [-0.4, -0.2) is 17.5 Å². The molecule has 5 heteroatoms. The Morgan fingerprint density at radius 1 is 1.60 bits per heavy atom. The Hall–Kier alpha value is -1.46. The predicted octanol–water partition coefficient (Wildman–Crippen LogP) is 1.54. The van der Waals surface area contributed by atoms with E-state index in [4.69, 9.17) is 5.73 Å². The molecule has 78 valence electrons. The number of rotatable bonds is 2. The van der Waals surface area contributed by atoms with Crippen molar-refractivity contribution < 1.29 is 9.53 Å². The van der Waals surface area contributed by atoms with Gasteiger partial charge in [-0.1, -0.05) is 6.07 Å². The molecule has 0 amide bonds. The normalized spacial score (nSPS) is 10.5. The first kappa shape index (κ1) is 10.1. The zero-order chi connectivity index (χ0) is 10.8. The van der Waals surface area contributed by atoms with Gasteiger partial charge in [0, 0.05) is 11.9 Å². The second-order valence-corrected chi connectivity index (χ2v) is 3.84. The number of ether oxygens (including phenoxy) is 1. The molecule has 0 saturated heterocycles. The largest absolute Gasteiger partial charge is 0.465 e. The van der Waals surface area contributed by atoms with Crippen molar-refractivity contribution in [3.05, 3.63) is 29.5 Å². The molecule has 0 fully saturated rings. The number of hydrogen-bond donors (Lipinski definition) is 1. The van der Waals surface area contributed by atoms with E-state index in [2.05, 4.69) is 9.11 Å². The van der Waals surface area contributed by atoms with Gasteiger partial charge >= 0.3 is 5.97 Å². The van der Waals surface area contributed by atoms with Crippen LogP contribution < -0.4 is 5.73 Å². The monoisotopic (exact) mass is 222 g/mol. The fourth-order valence-electron chi connectivity index (χ4n) is 1.38. The van der Waals surface area contributed by atoms with Crippen LogP contribution in [0.4, 0.5) is 0 Å². The SMILES string of the molecule is COC(=O)c1ccc2c(CN)nsc2c1. The van der Waals surface area contributed by atoms with Crippen LogP contribution in [0, 0.1) is 0 Å². The second-order valence-electron chi connectivity index (χ2n) is 3.04. The van der Waals surface area contributed by atoms with E-state index in [0.29, 0.717) is 12.1 Å². The zero-order valence-corrected chi connectivity index (χ0v) is 9.00. The van der Waals surface area contributed by atoms with Gasteiger partial charge in [0.05, 0.1) is 23.1 Å². The van der Waals surface area contributed by atoms with Gasteiger partial charge in [-0.3, -0.25) is 0 Å². The lowest BCUT2D eigenvalue weighted by atomic mass is 10.1. The summed E-state index contributed by atoms with van der Waals surface area (Å²) in [5.41, 5.74) is 6.94. The van der Waals surface area contributed by atoms with Crippen molar-refractivity contribution in [3.8, 4) is 0 Å². The average Bonchev–Trinajstić information content (AvgIpc) is 2.69. The number of nitrogens with zero attached hydrogens (tertiary/aromatic N) is 1. The van der Waals surface area contributed by atoms with Gasteiger partial charge < -0.3 is 10.5 Å². The standard InChI is InChI=1S/C10H10N2O2S/c1-14-10(13)6-2-3-7-8(5-11)12-15-9(7)4-6/h2-4H,5,11H2,1H3. The lowest BCUT2D eigenvalue weighted by Gasteiger charge is -1.98. The van der Waals surface area contributed by atoms with Gasteiger partial charge in [-0.2, -0.15) is 4.37 Å². The highest BCUT2D eigenvalue weighted by atomic mass is 32.1. The Bertz CT molecular complexity index is 507. The van der Waals surface area contributed by atoms with Crippen molar-refractivity contribution in [2.45, 2.75) is 6.54 Å². The topological polar surface area (TPSA) is 65.2 Å². The molecule has 0 saturated carbocycles. The summed E-state index contributed by atoms with van der Waals surface area (Å²) in [5.74, 6) is -0.334. The number of esters is 1. The molecule has 0 unspecified atom stereocenters. The molecular weight excluding hydrogens is 212 g/mol. The maximum absolute atomic E-state index is 11.3. The first-order valence-corrected chi connectivity index (χ1v) is 5.20. The number of fused-ring (bicyclic) bond motifs is 1. The minimum Gasteiger partial charge on any atom is -0.465 e. The van der Waals surface area contributed by atoms with Crippen molar-refractivity contribution in [2.75, 3.05) is 7.11 Å². The summed E-state index contributed by atoms with van der Waals surface area (Å²) < 4.78 is 9.80. The molecule has 0 radical (unpaired) electrons. The second kappa shape index (κ2) is 3.96. The summed E-state index contributed by atoms with van der Waals surface area (Å²) in [6.07, 6.45) is 0. The fourth-order valence-corrected chi connectivity index (χ4v) is 2.23. The summed E-state index contributed by atoms with van der Waals surface area (Å²) in [6.45, 7) is 0.414. The van der Waals surface area contributed by atoms with Gasteiger partial charge in [0.25, 0.3) is 0 Å². The Morgan fingerprint density at radius 2 is 2.40 bits per heavy atom. The Labute approximate surface area is 90.8 Å². The lowest BCUT2D eigenvalue weighted by molar-refractivity contribution is 0.0601. The van der Waals surface area contributed by atoms with Crippen LogP contribution in [0.25, 0.3) is 10.1 Å². The number of methoxy groups -OCH3 is 1. The van der Waals surface area contributed by atoms with E-state index in [-0.39, 0.29) is 5.97 Å². The van der Waals surface area contributed by atoms with Crippen LogP contribution in [0.1, 0.15) is 16.1 Å². The molecule has 2 N–H and O–H groups in total. The third kappa shape index (κ3) is 1.71. The molecule has 0 atom stereocenters. The van der Waals surface area contributed by atoms with Gasteiger partial charge in [-0.15, -0.1) is 0 Å². The highest BCUT2D eigenvalue weighted by Gasteiger charge is 2.09. The molecule has 0 bridgehead atoms. The molecule has 1 heterocycles. The van der Waals surface area contributed by atoms with Gasteiger partial charge in [0.1, 0.15) is 0 Å². The van der Waals surface area contributed by atoms with Gasteiger partial charge in [-0.25, -0.2) is 4.79 Å². The van der Waals surface area contributed by atoms with E-state index >= 15 is 0 Å². The average molecular weight is 222 g/mol. The summed E-state index contributed by atoms with van der Waals surface area (Å²) >= 11 is 1.34. The lowest BCUT2D eigenvalue weighted by Crippen LogP contribution is -2.00. The van der Waals surface area contributed by atoms with Crippen LogP contribution >= 0.6 is 11.5 Å². The Balaban J connectivity index is 2.53. The Kier molecular flexibility index (Phi) is 2.66. The molecule has 0 aliphatic rings. The molecule has 0 aliphatic carbocycles. The predicted molar refractivity (Wildman–Crippen MR) is 58.9 cm³/mol. The summed E-state index contributed by atoms with van der Waals surface area (Å²) in [5, 5.41) is 1.01. The van der Waals surface area contributed by atoms with E-state index in [1.54, 1.807) is 12.1 Å². The molecule has 2 rings (SSSR count). The molecule has 15 heavy (non-hydrogen) atoms. The molecule has 0 spiro atoms. The third-order valence-electron chi connectivity index (χ3n) is 2.16. The van der Waals surface area contributed by atoms with Gasteiger partial charge in [0.2, 0.25) is 0 Å². The van der Waals surface area contributed by atoms with Crippen molar-refractivity contribution in [3.63, 3.8) is 0 Å². The minimum atomic E-state index is -0.334. The van der Waals surface area contributed by atoms with E-state index in [9.17, 15) is 4.79 Å². The van der Waals surface area contributed by atoms with E-state index in [1.807, 2.05) is 6.07 Å². The molecule has 0 aliphatic heterocycles. The molecular formula is C10H10N2O2S. The highest BCUT2D eigenvalue weighted by molar-refractivity contribution is 7.13. The highest BCUT2D eigenvalue weighted by Crippen LogP contribution is 2.23. The maximum atomic E-state index is 11.3. The third-order valence-corrected chi connectivity index (χ3v) is 3.01. The number of hydrogen-bond acceptors (Lipinski definition) is 5. The molecule has 1 aromatic carbocycles. The van der Waals surface area contributed by atoms with Crippen LogP contribution in [0.5, 0.6) is 0 Å². The van der Waals surface area contributed by atoms with Crippen LogP contribution in [0.15, 0.2) is 18.2 Å². The van der Waals surface area contributed by atoms with Crippen molar-refractivity contribution in [1.82, 2.24) is 4.37 Å². The number of nitrogens with two attached hydrogens (primary N) is 1. The van der Waals surface area contributed by atoms with E-state index in [1.165, 1.54) is 18.6 Å². The Morgan fingerprint density at radius 3 is 3.07 bits per heavy atom. The van der Waals surface area contributed by atoms with Gasteiger partial charge in [-0.05, 0) is 23.7 Å². The van der Waals surface area contributed by atoms with E-state index < -0.39 is 0 Å². The van der Waals surface area contributed by atoms with E-state index in [0.717, 1.165) is 15.8 Å². The zero-order valence-electron chi connectivity index (χ0n) is 8.19. The van der Waals surface area contributed by atoms with Gasteiger partial charge in [0.15, 0.2) is 0 Å². The molecule has 4 nitrogen and oxygen atoms in total. The summed E-state index contributed by atoms with van der Waals surface area (Å²) in [6, 6.07) is 5.35. The van der Waals surface area contributed by atoms with Crippen LogP contribution in [0.2, 0.25) is 0 Å². The number of benzene rings is 1. The molecule has 1 aromatic heterocycles.